The fraction of sp³-hybridized carbons (Fsp3) is 0.167. The fourth-order valence-electron chi connectivity index (χ4n) is 1.59. The Hall–Kier alpha value is -2.08. The lowest BCUT2D eigenvalue weighted by Gasteiger charge is -2.05. The Bertz CT molecular complexity index is 529. The summed E-state index contributed by atoms with van der Waals surface area (Å²) >= 11 is 0. The molecule has 0 radical (unpaired) electrons. The van der Waals surface area contributed by atoms with Crippen molar-refractivity contribution >= 4 is 10.9 Å². The summed E-state index contributed by atoms with van der Waals surface area (Å²) in [6.07, 6.45) is 1.71. The zero-order chi connectivity index (χ0) is 10.7. The van der Waals surface area contributed by atoms with E-state index in [4.69, 9.17) is 11.3 Å². The van der Waals surface area contributed by atoms with Gasteiger partial charge in [-0.15, -0.1) is 0 Å². The van der Waals surface area contributed by atoms with E-state index in [0.29, 0.717) is 6.54 Å². The summed E-state index contributed by atoms with van der Waals surface area (Å²) in [5.41, 5.74) is 1.81. The van der Waals surface area contributed by atoms with E-state index >= 15 is 0 Å². The SMILES string of the molecule is [C-]#[N+]Cc1ccnc2c(OC)cccc12. The summed E-state index contributed by atoms with van der Waals surface area (Å²) in [4.78, 5) is 7.66. The summed E-state index contributed by atoms with van der Waals surface area (Å²) in [6, 6.07) is 7.62. The molecule has 0 saturated carbocycles. The quantitative estimate of drug-likeness (QED) is 0.693. The van der Waals surface area contributed by atoms with Crippen LogP contribution in [0.3, 0.4) is 0 Å². The highest BCUT2D eigenvalue weighted by Crippen LogP contribution is 2.25. The molecule has 0 bridgehead atoms. The van der Waals surface area contributed by atoms with Crippen molar-refractivity contribution in [3.63, 3.8) is 0 Å². The third kappa shape index (κ3) is 1.62. The number of hydrogen-bond donors (Lipinski definition) is 0. The number of benzene rings is 1. The van der Waals surface area contributed by atoms with E-state index in [2.05, 4.69) is 9.83 Å². The molecule has 15 heavy (non-hydrogen) atoms. The van der Waals surface area contributed by atoms with Crippen LogP contribution in [0.1, 0.15) is 5.56 Å². The second kappa shape index (κ2) is 3.97. The van der Waals surface area contributed by atoms with E-state index in [9.17, 15) is 0 Å². The highest BCUT2D eigenvalue weighted by atomic mass is 16.5. The predicted octanol–water partition coefficient (Wildman–Crippen LogP) is 2.66. The molecule has 0 saturated heterocycles. The Kier molecular flexibility index (Phi) is 2.51. The molecule has 0 N–H and O–H groups in total. The molecule has 2 aromatic rings. The van der Waals surface area contributed by atoms with Gasteiger partial charge in [0.15, 0.2) is 0 Å². The molecule has 1 heterocycles. The van der Waals surface area contributed by atoms with Crippen LogP contribution in [0.5, 0.6) is 5.75 Å². The standard InChI is InChI=1S/C12H10N2O/c1-13-8-9-6-7-14-12-10(9)4-3-5-11(12)15-2/h3-7H,8H2,2H3. The van der Waals surface area contributed by atoms with Crippen LogP contribution in [0.15, 0.2) is 30.5 Å². The molecule has 0 aliphatic heterocycles. The molecule has 0 fully saturated rings. The molecule has 0 amide bonds. The van der Waals surface area contributed by atoms with Gasteiger partial charge in [-0.1, -0.05) is 12.1 Å². The zero-order valence-electron chi connectivity index (χ0n) is 8.40. The average molecular weight is 198 g/mol. The topological polar surface area (TPSA) is 26.5 Å². The van der Waals surface area contributed by atoms with Crippen molar-refractivity contribution in [3.8, 4) is 5.75 Å². The Morgan fingerprint density at radius 2 is 2.27 bits per heavy atom. The first-order valence-electron chi connectivity index (χ1n) is 4.60. The van der Waals surface area contributed by atoms with Gasteiger partial charge in [-0.2, -0.15) is 0 Å². The maximum atomic E-state index is 6.89. The smallest absolute Gasteiger partial charge is 0.240 e. The van der Waals surface area contributed by atoms with Crippen molar-refractivity contribution in [1.82, 2.24) is 4.98 Å². The van der Waals surface area contributed by atoms with Gasteiger partial charge in [0.25, 0.3) is 0 Å². The highest BCUT2D eigenvalue weighted by molar-refractivity contribution is 5.87. The van der Waals surface area contributed by atoms with E-state index in [1.165, 1.54) is 0 Å². The van der Waals surface area contributed by atoms with Gasteiger partial charge in [0.1, 0.15) is 11.3 Å². The molecule has 0 atom stereocenters. The van der Waals surface area contributed by atoms with Crippen molar-refractivity contribution < 1.29 is 4.74 Å². The number of nitrogens with zero attached hydrogens (tertiary/aromatic N) is 2. The molecule has 0 spiro atoms. The molecule has 2 rings (SSSR count). The summed E-state index contributed by atoms with van der Waals surface area (Å²) in [6.45, 7) is 7.27. The molecule has 1 aromatic heterocycles. The fourth-order valence-corrected chi connectivity index (χ4v) is 1.59. The minimum absolute atomic E-state index is 0.381. The van der Waals surface area contributed by atoms with Crippen molar-refractivity contribution in [2.75, 3.05) is 7.11 Å². The summed E-state index contributed by atoms with van der Waals surface area (Å²) in [5.74, 6) is 0.749. The number of rotatable bonds is 2. The highest BCUT2D eigenvalue weighted by Gasteiger charge is 2.07. The van der Waals surface area contributed by atoms with E-state index in [0.717, 1.165) is 22.2 Å². The first kappa shape index (κ1) is 9.47. The minimum Gasteiger partial charge on any atom is -0.494 e. The number of para-hydroxylation sites is 1. The number of fused-ring (bicyclic) bond motifs is 1. The van der Waals surface area contributed by atoms with Crippen LogP contribution >= 0.6 is 0 Å². The third-order valence-electron chi connectivity index (χ3n) is 2.29. The Balaban J connectivity index is 2.72. The first-order valence-corrected chi connectivity index (χ1v) is 4.60. The van der Waals surface area contributed by atoms with Crippen LogP contribution in [0.4, 0.5) is 0 Å². The van der Waals surface area contributed by atoms with Gasteiger partial charge in [0.05, 0.1) is 7.11 Å². The lowest BCUT2D eigenvalue weighted by Crippen LogP contribution is -1.90. The van der Waals surface area contributed by atoms with Crippen molar-refractivity contribution in [1.29, 1.82) is 0 Å². The Morgan fingerprint density at radius 3 is 3.00 bits per heavy atom. The molecular weight excluding hydrogens is 188 g/mol. The Morgan fingerprint density at radius 1 is 1.40 bits per heavy atom. The zero-order valence-corrected chi connectivity index (χ0v) is 8.40. The van der Waals surface area contributed by atoms with Crippen molar-refractivity contribution in [3.05, 3.63) is 47.4 Å². The largest absolute Gasteiger partial charge is 0.494 e. The minimum atomic E-state index is 0.381. The molecule has 3 nitrogen and oxygen atoms in total. The van der Waals surface area contributed by atoms with Crippen LogP contribution in [-0.2, 0) is 6.54 Å². The lowest BCUT2D eigenvalue weighted by molar-refractivity contribution is 0.419. The van der Waals surface area contributed by atoms with Gasteiger partial charge in [0, 0.05) is 17.1 Å². The second-order valence-corrected chi connectivity index (χ2v) is 3.14. The van der Waals surface area contributed by atoms with Gasteiger partial charge in [-0.3, -0.25) is 4.98 Å². The monoisotopic (exact) mass is 198 g/mol. The van der Waals surface area contributed by atoms with Gasteiger partial charge < -0.3 is 9.58 Å². The molecule has 1 aromatic carbocycles. The normalized spacial score (nSPS) is 9.87. The molecular formula is C12H10N2O. The van der Waals surface area contributed by atoms with Crippen LogP contribution in [0.25, 0.3) is 15.7 Å². The second-order valence-electron chi connectivity index (χ2n) is 3.14. The van der Waals surface area contributed by atoms with E-state index in [1.54, 1.807) is 13.3 Å². The van der Waals surface area contributed by atoms with Crippen LogP contribution in [-0.4, -0.2) is 12.1 Å². The number of methoxy groups -OCH3 is 1. The van der Waals surface area contributed by atoms with Crippen LogP contribution < -0.4 is 4.74 Å². The van der Waals surface area contributed by atoms with Gasteiger partial charge >= 0.3 is 0 Å². The van der Waals surface area contributed by atoms with Crippen LogP contribution in [0, 0.1) is 6.57 Å². The van der Waals surface area contributed by atoms with Gasteiger partial charge in [-0.25, -0.2) is 6.57 Å². The molecule has 0 aliphatic rings. The summed E-state index contributed by atoms with van der Waals surface area (Å²) in [7, 11) is 1.62. The third-order valence-corrected chi connectivity index (χ3v) is 2.29. The Labute approximate surface area is 88.1 Å². The summed E-state index contributed by atoms with van der Waals surface area (Å²) < 4.78 is 5.22. The molecule has 0 aliphatic carbocycles. The number of hydrogen-bond acceptors (Lipinski definition) is 2. The van der Waals surface area contributed by atoms with E-state index < -0.39 is 0 Å². The van der Waals surface area contributed by atoms with E-state index in [-0.39, 0.29) is 0 Å². The number of ether oxygens (including phenoxy) is 1. The lowest BCUT2D eigenvalue weighted by atomic mass is 10.1. The number of pyridine rings is 1. The number of aromatic nitrogens is 1. The van der Waals surface area contributed by atoms with E-state index in [1.807, 2.05) is 24.3 Å². The maximum Gasteiger partial charge on any atom is 0.240 e. The predicted molar refractivity (Wildman–Crippen MR) is 58.6 cm³/mol. The average Bonchev–Trinajstić information content (AvgIpc) is 2.29. The molecule has 0 unspecified atom stereocenters. The maximum absolute atomic E-state index is 6.89. The summed E-state index contributed by atoms with van der Waals surface area (Å²) in [5, 5.41) is 0.993. The molecule has 3 heteroatoms. The van der Waals surface area contributed by atoms with Gasteiger partial charge in [0.2, 0.25) is 6.54 Å². The van der Waals surface area contributed by atoms with Crippen LogP contribution in [0.2, 0.25) is 0 Å². The van der Waals surface area contributed by atoms with Crippen molar-refractivity contribution in [2.45, 2.75) is 6.54 Å². The van der Waals surface area contributed by atoms with Gasteiger partial charge in [-0.05, 0) is 12.1 Å². The first-order chi connectivity index (χ1) is 7.36. The molecule has 74 valence electrons. The van der Waals surface area contributed by atoms with Crippen molar-refractivity contribution in [2.24, 2.45) is 0 Å².